The van der Waals surface area contributed by atoms with Gasteiger partial charge in [0.1, 0.15) is 5.82 Å². The van der Waals surface area contributed by atoms with E-state index in [9.17, 15) is 10.1 Å². The van der Waals surface area contributed by atoms with Crippen LogP contribution < -0.4 is 5.32 Å². The van der Waals surface area contributed by atoms with E-state index in [2.05, 4.69) is 10.3 Å². The lowest BCUT2D eigenvalue weighted by Gasteiger charge is -2.31. The van der Waals surface area contributed by atoms with Gasteiger partial charge in [0.05, 0.1) is 11.0 Å². The van der Waals surface area contributed by atoms with Crippen molar-refractivity contribution in [1.82, 2.24) is 4.98 Å². The molecule has 1 rings (SSSR count). The largest absolute Gasteiger partial charge is 0.396 e. The van der Waals surface area contributed by atoms with Crippen LogP contribution in [0, 0.1) is 22.5 Å². The minimum atomic E-state index is -0.416. The Bertz CT molecular complexity index is 455. The lowest BCUT2D eigenvalue weighted by atomic mass is 9.85. The van der Waals surface area contributed by atoms with Crippen molar-refractivity contribution in [2.24, 2.45) is 5.41 Å². The first kappa shape index (κ1) is 15.4. The van der Waals surface area contributed by atoms with Crippen LogP contribution in [0.3, 0.4) is 0 Å². The van der Waals surface area contributed by atoms with Crippen LogP contribution >= 0.6 is 0 Å². The molecule has 0 bridgehead atoms. The average Bonchev–Trinajstić information content (AvgIpc) is 2.29. The van der Waals surface area contributed by atoms with Crippen LogP contribution in [0.5, 0.6) is 0 Å². The van der Waals surface area contributed by atoms with Gasteiger partial charge in [0.25, 0.3) is 5.69 Å². The molecule has 0 aliphatic heterocycles. The second kappa shape index (κ2) is 5.97. The highest BCUT2D eigenvalue weighted by molar-refractivity contribution is 5.49. The third kappa shape index (κ3) is 4.17. The number of hydrogen-bond donors (Lipinski definition) is 2. The molecule has 0 aliphatic rings. The molecule has 6 heteroatoms. The summed E-state index contributed by atoms with van der Waals surface area (Å²) < 4.78 is 0. The van der Waals surface area contributed by atoms with E-state index in [-0.39, 0.29) is 23.8 Å². The van der Waals surface area contributed by atoms with Gasteiger partial charge in [-0.05, 0) is 18.8 Å². The van der Waals surface area contributed by atoms with E-state index < -0.39 is 4.92 Å². The van der Waals surface area contributed by atoms with Crippen molar-refractivity contribution in [3.05, 3.63) is 27.9 Å². The minimum absolute atomic E-state index is 0.00712. The molecule has 0 amide bonds. The fraction of sp³-hybridized carbons (Fsp3) is 0.615. The number of nitrogens with zero attached hydrogens (tertiary/aromatic N) is 2. The molecule has 0 spiro atoms. The van der Waals surface area contributed by atoms with E-state index >= 15 is 0 Å². The summed E-state index contributed by atoms with van der Waals surface area (Å²) in [6, 6.07) is 1.43. The van der Waals surface area contributed by atoms with Crippen LogP contribution in [-0.4, -0.2) is 27.7 Å². The Morgan fingerprint density at radius 2 is 2.16 bits per heavy atom. The maximum Gasteiger partial charge on any atom is 0.277 e. The highest BCUT2D eigenvalue weighted by atomic mass is 16.6. The highest BCUT2D eigenvalue weighted by Gasteiger charge is 2.25. The number of anilines is 1. The maximum atomic E-state index is 10.9. The zero-order valence-electron chi connectivity index (χ0n) is 11.8. The summed E-state index contributed by atoms with van der Waals surface area (Å²) in [4.78, 5) is 14.6. The molecule has 0 aromatic carbocycles. The average molecular weight is 267 g/mol. The zero-order valence-corrected chi connectivity index (χ0v) is 11.8. The molecular weight excluding hydrogens is 246 g/mol. The van der Waals surface area contributed by atoms with E-state index in [1.807, 2.05) is 20.8 Å². The fourth-order valence-corrected chi connectivity index (χ4v) is 1.82. The predicted molar refractivity (Wildman–Crippen MR) is 74.2 cm³/mol. The van der Waals surface area contributed by atoms with Crippen molar-refractivity contribution >= 4 is 11.5 Å². The van der Waals surface area contributed by atoms with Crippen molar-refractivity contribution in [3.63, 3.8) is 0 Å². The highest BCUT2D eigenvalue weighted by Crippen LogP contribution is 2.27. The molecule has 6 nitrogen and oxygen atoms in total. The third-order valence-corrected chi connectivity index (χ3v) is 3.06. The molecule has 1 aromatic rings. The molecule has 1 aromatic heterocycles. The van der Waals surface area contributed by atoms with Crippen LogP contribution in [0.25, 0.3) is 0 Å². The van der Waals surface area contributed by atoms with Crippen molar-refractivity contribution < 1.29 is 10.0 Å². The first-order valence-corrected chi connectivity index (χ1v) is 6.24. The van der Waals surface area contributed by atoms with Gasteiger partial charge in [-0.1, -0.05) is 20.8 Å². The molecular formula is C13H21N3O3. The van der Waals surface area contributed by atoms with Crippen LogP contribution in [-0.2, 0) is 0 Å². The zero-order chi connectivity index (χ0) is 14.6. The Balaban J connectivity index is 2.97. The number of aliphatic hydroxyl groups is 1. The Hall–Kier alpha value is -1.69. The Morgan fingerprint density at radius 1 is 1.53 bits per heavy atom. The SMILES string of the molecule is Cc1cnc(NC(CCO)C(C)(C)C)cc1[N+](=O)[O-]. The Kier molecular flexibility index (Phi) is 4.83. The van der Waals surface area contributed by atoms with Gasteiger partial charge >= 0.3 is 0 Å². The molecule has 0 fully saturated rings. The van der Waals surface area contributed by atoms with Gasteiger partial charge in [0.2, 0.25) is 0 Å². The molecule has 19 heavy (non-hydrogen) atoms. The predicted octanol–water partition coefficient (Wildman–Crippen LogP) is 2.51. The number of pyridine rings is 1. The maximum absolute atomic E-state index is 10.9. The van der Waals surface area contributed by atoms with E-state index in [0.29, 0.717) is 17.8 Å². The lowest BCUT2D eigenvalue weighted by Crippen LogP contribution is -2.35. The molecule has 0 saturated carbocycles. The van der Waals surface area contributed by atoms with E-state index in [1.165, 1.54) is 12.3 Å². The van der Waals surface area contributed by atoms with Crippen molar-refractivity contribution in [3.8, 4) is 0 Å². The molecule has 1 unspecified atom stereocenters. The molecule has 2 N–H and O–H groups in total. The normalized spacial score (nSPS) is 13.1. The van der Waals surface area contributed by atoms with Gasteiger partial charge < -0.3 is 10.4 Å². The topological polar surface area (TPSA) is 88.3 Å². The Labute approximate surface area is 113 Å². The number of aliphatic hydroxyl groups excluding tert-OH is 1. The van der Waals surface area contributed by atoms with Crippen molar-refractivity contribution in [2.75, 3.05) is 11.9 Å². The number of aromatic nitrogens is 1. The molecule has 0 aliphatic carbocycles. The van der Waals surface area contributed by atoms with E-state index in [1.54, 1.807) is 6.92 Å². The summed E-state index contributed by atoms with van der Waals surface area (Å²) >= 11 is 0. The fourth-order valence-electron chi connectivity index (χ4n) is 1.82. The van der Waals surface area contributed by atoms with Gasteiger partial charge in [-0.2, -0.15) is 0 Å². The standard InChI is InChI=1S/C13H21N3O3/c1-9-8-14-12(7-10(9)16(18)19)15-11(5-6-17)13(2,3)4/h7-8,11,17H,5-6H2,1-4H3,(H,14,15). The first-order valence-electron chi connectivity index (χ1n) is 6.24. The molecule has 0 radical (unpaired) electrons. The molecule has 106 valence electrons. The first-order chi connectivity index (χ1) is 8.75. The lowest BCUT2D eigenvalue weighted by molar-refractivity contribution is -0.385. The number of nitro groups is 1. The van der Waals surface area contributed by atoms with E-state index in [4.69, 9.17) is 5.11 Å². The summed E-state index contributed by atoms with van der Waals surface area (Å²) in [6.07, 6.45) is 2.05. The van der Waals surface area contributed by atoms with Gasteiger partial charge in [-0.25, -0.2) is 4.98 Å². The van der Waals surface area contributed by atoms with E-state index in [0.717, 1.165) is 0 Å². The van der Waals surface area contributed by atoms with Crippen molar-refractivity contribution in [1.29, 1.82) is 0 Å². The summed E-state index contributed by atoms with van der Waals surface area (Å²) in [5.74, 6) is 0.464. The van der Waals surface area contributed by atoms with Crippen LogP contribution in [0.2, 0.25) is 0 Å². The molecule has 1 atom stereocenters. The van der Waals surface area contributed by atoms with Gasteiger partial charge in [0, 0.05) is 24.4 Å². The second-order valence-electron chi connectivity index (χ2n) is 5.69. The summed E-state index contributed by atoms with van der Waals surface area (Å²) in [5, 5.41) is 23.2. The Morgan fingerprint density at radius 3 is 2.63 bits per heavy atom. The van der Waals surface area contributed by atoms with Gasteiger partial charge in [-0.3, -0.25) is 10.1 Å². The van der Waals surface area contributed by atoms with Crippen LogP contribution in [0.15, 0.2) is 12.3 Å². The minimum Gasteiger partial charge on any atom is -0.396 e. The summed E-state index contributed by atoms with van der Waals surface area (Å²) in [5.41, 5.74) is 0.503. The van der Waals surface area contributed by atoms with Crippen LogP contribution in [0.1, 0.15) is 32.8 Å². The number of nitrogens with one attached hydrogen (secondary N) is 1. The van der Waals surface area contributed by atoms with Crippen molar-refractivity contribution in [2.45, 2.75) is 40.2 Å². The number of aryl methyl sites for hydroxylation is 1. The summed E-state index contributed by atoms with van der Waals surface area (Å²) in [7, 11) is 0. The van der Waals surface area contributed by atoms with Crippen LogP contribution in [0.4, 0.5) is 11.5 Å². The second-order valence-corrected chi connectivity index (χ2v) is 5.69. The summed E-state index contributed by atoms with van der Waals surface area (Å²) in [6.45, 7) is 7.85. The smallest absolute Gasteiger partial charge is 0.277 e. The monoisotopic (exact) mass is 267 g/mol. The molecule has 0 saturated heterocycles. The molecule has 1 heterocycles. The third-order valence-electron chi connectivity index (χ3n) is 3.06. The quantitative estimate of drug-likeness (QED) is 0.632. The number of rotatable bonds is 5. The number of hydrogen-bond acceptors (Lipinski definition) is 5. The van der Waals surface area contributed by atoms with Gasteiger partial charge in [0.15, 0.2) is 0 Å². The van der Waals surface area contributed by atoms with Gasteiger partial charge in [-0.15, -0.1) is 0 Å².